The molecule has 1 fully saturated rings. The quantitative estimate of drug-likeness (QED) is 0.470. The van der Waals surface area contributed by atoms with E-state index in [1.807, 2.05) is 0 Å². The van der Waals surface area contributed by atoms with Crippen molar-refractivity contribution in [1.82, 2.24) is 5.32 Å². The third kappa shape index (κ3) is 4.46. The van der Waals surface area contributed by atoms with Crippen molar-refractivity contribution in [2.75, 3.05) is 0 Å². The summed E-state index contributed by atoms with van der Waals surface area (Å²) in [5, 5.41) is 24.1. The smallest absolute Gasteiger partial charge is 0.401 e. The first kappa shape index (κ1) is 18.1. The van der Waals surface area contributed by atoms with Crippen LogP contribution in [0.3, 0.4) is 0 Å². The zero-order valence-electron chi connectivity index (χ0n) is 13.4. The van der Waals surface area contributed by atoms with Gasteiger partial charge in [0.25, 0.3) is 11.6 Å². The maximum Gasteiger partial charge on any atom is 0.433 e. The van der Waals surface area contributed by atoms with Gasteiger partial charge in [0.2, 0.25) is 0 Å². The van der Waals surface area contributed by atoms with E-state index in [4.69, 9.17) is 4.42 Å². The van der Waals surface area contributed by atoms with E-state index in [-0.39, 0.29) is 23.2 Å². The number of nitrogens with zero attached hydrogens (tertiary/aromatic N) is 3. The second kappa shape index (κ2) is 7.66. The lowest BCUT2D eigenvalue weighted by atomic mass is 10.3. The van der Waals surface area contributed by atoms with Crippen molar-refractivity contribution in [3.8, 4) is 0 Å². The Hall–Kier alpha value is -3.73. The zero-order chi connectivity index (χ0) is 19.4. The zero-order valence-corrected chi connectivity index (χ0v) is 14.2. The van der Waals surface area contributed by atoms with E-state index >= 15 is 0 Å². The van der Waals surface area contributed by atoms with Crippen molar-refractivity contribution in [2.45, 2.75) is 0 Å². The van der Waals surface area contributed by atoms with E-state index in [1.165, 1.54) is 54.6 Å². The molecule has 0 radical (unpaired) electrons. The van der Waals surface area contributed by atoms with Gasteiger partial charge in [-0.05, 0) is 42.1 Å². The normalized spacial score (nSPS) is 17.0. The van der Waals surface area contributed by atoms with E-state index in [0.717, 1.165) is 11.8 Å². The van der Waals surface area contributed by atoms with Crippen LogP contribution < -0.4 is 5.32 Å². The van der Waals surface area contributed by atoms with Crippen molar-refractivity contribution >= 4 is 46.2 Å². The third-order valence-corrected chi connectivity index (χ3v) is 4.17. The fraction of sp³-hybridized carbons (Fsp3) is 0. The molecule has 3 rings (SSSR count). The molecule has 2 heterocycles. The number of amidine groups is 1. The topological polar surface area (TPSA) is 141 Å². The van der Waals surface area contributed by atoms with Crippen LogP contribution >= 0.6 is 11.8 Å². The number of furan rings is 1. The van der Waals surface area contributed by atoms with Gasteiger partial charge in [0, 0.05) is 12.1 Å². The molecule has 0 spiro atoms. The lowest BCUT2D eigenvalue weighted by Gasteiger charge is -1.96. The van der Waals surface area contributed by atoms with Crippen molar-refractivity contribution in [3.63, 3.8) is 0 Å². The molecule has 1 saturated heterocycles. The van der Waals surface area contributed by atoms with Crippen molar-refractivity contribution in [2.24, 2.45) is 4.99 Å². The lowest BCUT2D eigenvalue weighted by molar-refractivity contribution is -0.402. The molecule has 0 saturated carbocycles. The molecule has 1 aromatic heterocycles. The molecule has 2 aromatic rings. The molecule has 1 aromatic carbocycles. The number of nitro benzene ring substituents is 1. The first-order valence-electron chi connectivity index (χ1n) is 7.37. The number of hydrogen-bond donors (Lipinski definition) is 1. The molecule has 0 atom stereocenters. The summed E-state index contributed by atoms with van der Waals surface area (Å²) in [6.07, 6.45) is 4.53. The molecule has 0 aliphatic carbocycles. The third-order valence-electron chi connectivity index (χ3n) is 3.24. The maximum atomic E-state index is 11.9. The second-order valence-electron chi connectivity index (χ2n) is 5.07. The van der Waals surface area contributed by atoms with Crippen molar-refractivity contribution < 1.29 is 19.1 Å². The van der Waals surface area contributed by atoms with Crippen LogP contribution in [0.5, 0.6) is 0 Å². The number of thioether (sulfide) groups is 1. The highest BCUT2D eigenvalue weighted by Gasteiger charge is 2.23. The standard InChI is InChI=1S/C16H10N4O6S/c21-15-13(3-1-2-12-8-9-14(26-12)20(24)25)27-16(18-15)17-10-4-6-11(7-5-10)19(22)23/h1-9H,(H,17,18,21)/b2-1+,13-3-. The highest BCUT2D eigenvalue weighted by atomic mass is 32.2. The van der Waals surface area contributed by atoms with Gasteiger partial charge >= 0.3 is 5.88 Å². The fourth-order valence-electron chi connectivity index (χ4n) is 2.02. The van der Waals surface area contributed by atoms with Gasteiger partial charge in [-0.3, -0.25) is 25.0 Å². The van der Waals surface area contributed by atoms with E-state index in [1.54, 1.807) is 0 Å². The van der Waals surface area contributed by atoms with Gasteiger partial charge in [-0.1, -0.05) is 6.08 Å². The Morgan fingerprint density at radius 2 is 1.81 bits per heavy atom. The Bertz CT molecular complexity index is 1010. The predicted molar refractivity (Wildman–Crippen MR) is 98.4 cm³/mol. The molecule has 0 unspecified atom stereocenters. The SMILES string of the molecule is O=C1NC(=Nc2ccc([N+](=O)[O-])cc2)S/C1=C\C=C\c1ccc([N+](=O)[O-])o1. The van der Waals surface area contributed by atoms with Crippen LogP contribution in [0.4, 0.5) is 17.3 Å². The molecule has 0 bridgehead atoms. The summed E-state index contributed by atoms with van der Waals surface area (Å²) in [6.45, 7) is 0. The minimum Gasteiger partial charge on any atom is -0.401 e. The Balaban J connectivity index is 1.68. The van der Waals surface area contributed by atoms with Crippen molar-refractivity contribution in [3.05, 3.63) is 79.4 Å². The molecule has 10 nitrogen and oxygen atoms in total. The van der Waals surface area contributed by atoms with Gasteiger partial charge in [-0.25, -0.2) is 4.99 Å². The number of nitrogens with one attached hydrogen (secondary N) is 1. The van der Waals surface area contributed by atoms with Gasteiger partial charge in [-0.2, -0.15) is 0 Å². The van der Waals surface area contributed by atoms with Gasteiger partial charge in [0.15, 0.2) is 5.17 Å². The maximum absolute atomic E-state index is 11.9. The summed E-state index contributed by atoms with van der Waals surface area (Å²) in [5.41, 5.74) is 0.411. The molecule has 1 aliphatic rings. The number of rotatable bonds is 5. The summed E-state index contributed by atoms with van der Waals surface area (Å²) in [4.78, 5) is 36.6. The monoisotopic (exact) mass is 386 g/mol. The van der Waals surface area contributed by atoms with Gasteiger partial charge in [0.05, 0.1) is 21.6 Å². The molecular formula is C16H10N4O6S. The van der Waals surface area contributed by atoms with E-state index in [2.05, 4.69) is 10.3 Å². The van der Waals surface area contributed by atoms with E-state index in [0.29, 0.717) is 15.8 Å². The molecular weight excluding hydrogens is 376 g/mol. The Morgan fingerprint density at radius 1 is 1.07 bits per heavy atom. The molecule has 1 N–H and O–H groups in total. The summed E-state index contributed by atoms with van der Waals surface area (Å²) in [7, 11) is 0. The first-order valence-corrected chi connectivity index (χ1v) is 8.19. The number of benzene rings is 1. The van der Waals surface area contributed by atoms with E-state index < -0.39 is 9.85 Å². The number of aliphatic imine (C=N–C) groups is 1. The summed E-state index contributed by atoms with van der Waals surface area (Å²) < 4.78 is 4.97. The average Bonchev–Trinajstić information content (AvgIpc) is 3.23. The summed E-state index contributed by atoms with van der Waals surface area (Å²) in [5.74, 6) is -0.440. The van der Waals surface area contributed by atoms with Crippen LogP contribution in [-0.2, 0) is 4.79 Å². The predicted octanol–water partition coefficient (Wildman–Crippen LogP) is 3.54. The highest BCUT2D eigenvalue weighted by molar-refractivity contribution is 8.18. The minimum absolute atomic E-state index is 0.0501. The number of carbonyl (C=O) groups is 1. The van der Waals surface area contributed by atoms with Crippen LogP contribution in [0.25, 0.3) is 6.08 Å². The average molecular weight is 386 g/mol. The van der Waals surface area contributed by atoms with Gasteiger partial charge in [0.1, 0.15) is 10.7 Å². The van der Waals surface area contributed by atoms with Crippen molar-refractivity contribution in [1.29, 1.82) is 0 Å². The lowest BCUT2D eigenvalue weighted by Crippen LogP contribution is -2.19. The molecule has 1 amide bonds. The summed E-state index contributed by atoms with van der Waals surface area (Å²) >= 11 is 1.10. The molecule has 136 valence electrons. The van der Waals surface area contributed by atoms with Crippen LogP contribution in [0, 0.1) is 20.2 Å². The second-order valence-corrected chi connectivity index (χ2v) is 6.10. The van der Waals surface area contributed by atoms with Crippen LogP contribution in [0.2, 0.25) is 0 Å². The fourth-order valence-corrected chi connectivity index (χ4v) is 2.82. The summed E-state index contributed by atoms with van der Waals surface area (Å²) in [6, 6.07) is 8.27. The molecule has 27 heavy (non-hydrogen) atoms. The number of amides is 1. The minimum atomic E-state index is -0.642. The first-order chi connectivity index (χ1) is 12.9. The molecule has 1 aliphatic heterocycles. The number of carbonyl (C=O) groups excluding carboxylic acids is 1. The highest BCUT2D eigenvalue weighted by Crippen LogP contribution is 2.27. The number of non-ortho nitro benzene ring substituents is 1. The van der Waals surface area contributed by atoms with Crippen LogP contribution in [0.1, 0.15) is 5.76 Å². The van der Waals surface area contributed by atoms with Crippen LogP contribution in [0.15, 0.2) is 62.9 Å². The Kier molecular flexibility index (Phi) is 5.13. The van der Waals surface area contributed by atoms with E-state index in [9.17, 15) is 25.0 Å². The molecule has 11 heteroatoms. The Labute approximate surface area is 155 Å². The van der Waals surface area contributed by atoms with Gasteiger partial charge < -0.3 is 9.73 Å². The number of allylic oxidation sites excluding steroid dienone is 2. The van der Waals surface area contributed by atoms with Crippen LogP contribution in [-0.4, -0.2) is 20.9 Å². The number of nitro groups is 2. The van der Waals surface area contributed by atoms with Gasteiger partial charge in [-0.15, -0.1) is 0 Å². The largest absolute Gasteiger partial charge is 0.433 e. The number of hydrogen-bond acceptors (Lipinski definition) is 8. The Morgan fingerprint density at radius 3 is 2.44 bits per heavy atom.